The zero-order valence-corrected chi connectivity index (χ0v) is 10.5. The molecule has 19 heavy (non-hydrogen) atoms. The molecule has 7 heteroatoms. The Hall–Kier alpha value is -2.44. The number of nitro groups is 1. The molecule has 1 fully saturated rings. The Morgan fingerprint density at radius 2 is 2.11 bits per heavy atom. The van der Waals surface area contributed by atoms with E-state index >= 15 is 0 Å². The van der Waals surface area contributed by atoms with Crippen molar-refractivity contribution < 1.29 is 14.5 Å². The first-order valence-corrected chi connectivity index (χ1v) is 5.77. The van der Waals surface area contributed by atoms with Gasteiger partial charge in [-0.1, -0.05) is 19.1 Å². The monoisotopic (exact) mass is 263 g/mol. The average molecular weight is 263 g/mol. The third kappa shape index (κ3) is 1.83. The number of hydrogen-bond donors (Lipinski definition) is 1. The molecule has 1 saturated heterocycles. The number of imide groups is 1. The van der Waals surface area contributed by atoms with Gasteiger partial charge in [0.1, 0.15) is 5.54 Å². The lowest BCUT2D eigenvalue weighted by atomic mass is 9.87. The number of non-ortho nitro benzene ring substituents is 1. The minimum absolute atomic E-state index is 0.109. The molecule has 1 N–H and O–H groups in total. The van der Waals surface area contributed by atoms with E-state index in [-0.39, 0.29) is 5.69 Å². The summed E-state index contributed by atoms with van der Waals surface area (Å²) in [6, 6.07) is 5.27. The summed E-state index contributed by atoms with van der Waals surface area (Å²) in [5.41, 5.74) is -0.897. The van der Waals surface area contributed by atoms with Gasteiger partial charge in [-0.05, 0) is 12.0 Å². The number of carbonyl (C=O) groups excluding carboxylic acids is 2. The van der Waals surface area contributed by atoms with Gasteiger partial charge in [0.15, 0.2) is 0 Å². The van der Waals surface area contributed by atoms with Crippen molar-refractivity contribution in [3.05, 3.63) is 39.9 Å². The second-order valence-corrected chi connectivity index (χ2v) is 4.36. The van der Waals surface area contributed by atoms with E-state index in [2.05, 4.69) is 5.32 Å². The van der Waals surface area contributed by atoms with Crippen molar-refractivity contribution in [2.75, 3.05) is 7.05 Å². The van der Waals surface area contributed by atoms with E-state index in [0.717, 1.165) is 4.90 Å². The van der Waals surface area contributed by atoms with Crippen LogP contribution in [-0.2, 0) is 10.3 Å². The molecule has 1 atom stereocenters. The third-order valence-electron chi connectivity index (χ3n) is 3.37. The van der Waals surface area contributed by atoms with Gasteiger partial charge in [0.25, 0.3) is 11.6 Å². The van der Waals surface area contributed by atoms with Crippen molar-refractivity contribution in [2.45, 2.75) is 18.9 Å². The van der Waals surface area contributed by atoms with E-state index in [1.54, 1.807) is 13.0 Å². The van der Waals surface area contributed by atoms with Gasteiger partial charge in [-0.25, -0.2) is 4.79 Å². The SMILES string of the molecule is CCC1(c2cccc([N+](=O)[O-])c2)NC(=O)N(C)C1=O. The lowest BCUT2D eigenvalue weighted by molar-refractivity contribution is -0.385. The topological polar surface area (TPSA) is 92.6 Å². The predicted octanol–water partition coefficient (Wildman–Crippen LogP) is 1.38. The molecule has 7 nitrogen and oxygen atoms in total. The van der Waals surface area contributed by atoms with Crippen LogP contribution in [0.1, 0.15) is 18.9 Å². The first-order chi connectivity index (χ1) is 8.92. The zero-order chi connectivity index (χ0) is 14.2. The van der Waals surface area contributed by atoms with Gasteiger partial charge in [-0.15, -0.1) is 0 Å². The normalized spacial score (nSPS) is 22.5. The molecule has 1 unspecified atom stereocenters. The standard InChI is InChI=1S/C12H13N3O4/c1-3-12(10(16)14(2)11(17)13-12)8-5-4-6-9(7-8)15(18)19/h4-7H,3H2,1-2H3,(H,13,17). The lowest BCUT2D eigenvalue weighted by Gasteiger charge is -2.25. The number of likely N-dealkylation sites (N-methyl/N-ethyl adjacent to an activating group) is 1. The van der Waals surface area contributed by atoms with Gasteiger partial charge in [0.2, 0.25) is 0 Å². The Bertz CT molecular complexity index is 572. The second-order valence-electron chi connectivity index (χ2n) is 4.36. The fourth-order valence-electron chi connectivity index (χ4n) is 2.22. The summed E-state index contributed by atoms with van der Waals surface area (Å²) in [7, 11) is 1.38. The molecule has 1 heterocycles. The number of nitrogens with one attached hydrogen (secondary N) is 1. The maximum Gasteiger partial charge on any atom is 0.325 e. The zero-order valence-electron chi connectivity index (χ0n) is 10.5. The van der Waals surface area contributed by atoms with Crippen LogP contribution in [0.5, 0.6) is 0 Å². The molecule has 0 radical (unpaired) electrons. The molecule has 100 valence electrons. The Morgan fingerprint density at radius 3 is 2.58 bits per heavy atom. The lowest BCUT2D eigenvalue weighted by Crippen LogP contribution is -2.43. The minimum atomic E-state index is -1.21. The molecule has 0 aromatic heterocycles. The van der Waals surface area contributed by atoms with E-state index in [9.17, 15) is 19.7 Å². The fraction of sp³-hybridized carbons (Fsp3) is 0.333. The number of nitro benzene ring substituents is 1. The summed E-state index contributed by atoms with van der Waals surface area (Å²) in [6.45, 7) is 1.75. The van der Waals surface area contributed by atoms with Crippen molar-refractivity contribution >= 4 is 17.6 Å². The Kier molecular flexibility index (Phi) is 2.97. The Balaban J connectivity index is 2.54. The maximum absolute atomic E-state index is 12.2. The molecular weight excluding hydrogens is 250 g/mol. The highest BCUT2D eigenvalue weighted by Gasteiger charge is 2.50. The van der Waals surface area contributed by atoms with Crippen molar-refractivity contribution in [2.24, 2.45) is 0 Å². The summed E-state index contributed by atoms with van der Waals surface area (Å²) in [4.78, 5) is 35.1. The Morgan fingerprint density at radius 1 is 1.42 bits per heavy atom. The molecule has 2 rings (SSSR count). The summed E-state index contributed by atoms with van der Waals surface area (Å²) >= 11 is 0. The van der Waals surface area contributed by atoms with E-state index in [0.29, 0.717) is 12.0 Å². The highest BCUT2D eigenvalue weighted by atomic mass is 16.6. The predicted molar refractivity (Wildman–Crippen MR) is 66.4 cm³/mol. The van der Waals surface area contributed by atoms with Crippen LogP contribution >= 0.6 is 0 Å². The number of carbonyl (C=O) groups is 2. The molecule has 0 aliphatic carbocycles. The van der Waals surface area contributed by atoms with Crippen LogP contribution in [0, 0.1) is 10.1 Å². The number of hydrogen-bond acceptors (Lipinski definition) is 4. The largest absolute Gasteiger partial charge is 0.325 e. The number of urea groups is 1. The molecule has 1 aliphatic rings. The van der Waals surface area contributed by atoms with Crippen LogP contribution in [0.25, 0.3) is 0 Å². The van der Waals surface area contributed by atoms with Crippen molar-refractivity contribution in [1.29, 1.82) is 0 Å². The molecule has 3 amide bonds. The Labute approximate surface area is 109 Å². The van der Waals surface area contributed by atoms with E-state index in [4.69, 9.17) is 0 Å². The van der Waals surface area contributed by atoms with Gasteiger partial charge in [-0.3, -0.25) is 19.8 Å². The van der Waals surface area contributed by atoms with Crippen molar-refractivity contribution in [3.8, 4) is 0 Å². The van der Waals surface area contributed by atoms with E-state index in [1.807, 2.05) is 0 Å². The van der Waals surface area contributed by atoms with Crippen molar-refractivity contribution in [3.63, 3.8) is 0 Å². The van der Waals surface area contributed by atoms with E-state index < -0.39 is 22.4 Å². The highest BCUT2D eigenvalue weighted by Crippen LogP contribution is 2.33. The van der Waals surface area contributed by atoms with Gasteiger partial charge >= 0.3 is 6.03 Å². The van der Waals surface area contributed by atoms with Crippen molar-refractivity contribution in [1.82, 2.24) is 10.2 Å². The number of rotatable bonds is 3. The maximum atomic E-state index is 12.2. The first kappa shape index (κ1) is 13.0. The summed E-state index contributed by atoms with van der Waals surface area (Å²) in [5, 5.41) is 13.4. The molecule has 0 bridgehead atoms. The van der Waals surface area contributed by atoms with Gasteiger partial charge in [-0.2, -0.15) is 0 Å². The van der Waals surface area contributed by atoms with Crippen LogP contribution < -0.4 is 5.32 Å². The summed E-state index contributed by atoms with van der Waals surface area (Å²) < 4.78 is 0. The van der Waals surface area contributed by atoms with Crippen LogP contribution in [0.4, 0.5) is 10.5 Å². The highest BCUT2D eigenvalue weighted by molar-refractivity contribution is 6.07. The van der Waals surface area contributed by atoms with Gasteiger partial charge in [0, 0.05) is 19.2 Å². The smallest absolute Gasteiger partial charge is 0.319 e. The molecule has 0 saturated carbocycles. The van der Waals surface area contributed by atoms with Crippen LogP contribution in [0.2, 0.25) is 0 Å². The molecule has 0 spiro atoms. The van der Waals surface area contributed by atoms with Crippen LogP contribution in [-0.4, -0.2) is 28.8 Å². The number of nitrogens with zero attached hydrogens (tertiary/aromatic N) is 2. The molecule has 1 aromatic rings. The molecular formula is C12H13N3O4. The van der Waals surface area contributed by atoms with Gasteiger partial charge in [0.05, 0.1) is 4.92 Å². The minimum Gasteiger partial charge on any atom is -0.319 e. The first-order valence-electron chi connectivity index (χ1n) is 5.77. The van der Waals surface area contributed by atoms with Gasteiger partial charge < -0.3 is 5.32 Å². The average Bonchev–Trinajstić information content (AvgIpc) is 2.64. The quantitative estimate of drug-likeness (QED) is 0.506. The van der Waals surface area contributed by atoms with Crippen LogP contribution in [0.15, 0.2) is 24.3 Å². The fourth-order valence-corrected chi connectivity index (χ4v) is 2.22. The van der Waals surface area contributed by atoms with E-state index in [1.165, 1.54) is 25.2 Å². The molecule has 1 aliphatic heterocycles. The van der Waals surface area contributed by atoms with Crippen LogP contribution in [0.3, 0.4) is 0 Å². The second kappa shape index (κ2) is 4.34. The molecule has 1 aromatic carbocycles. The summed E-state index contributed by atoms with van der Waals surface area (Å²) in [5.74, 6) is -0.402. The number of amides is 3. The number of benzene rings is 1. The third-order valence-corrected chi connectivity index (χ3v) is 3.37. The summed E-state index contributed by atoms with van der Waals surface area (Å²) in [6.07, 6.45) is 0.323.